The average molecular weight is 322 g/mol. The van der Waals surface area contributed by atoms with Gasteiger partial charge in [0.2, 0.25) is 5.13 Å². The third-order valence-corrected chi connectivity index (χ3v) is 3.47. The third kappa shape index (κ3) is 2.85. The van der Waals surface area contributed by atoms with Gasteiger partial charge in [0.25, 0.3) is 0 Å². The molecular formula is C11H8BrN5S. The molecule has 1 heterocycles. The minimum atomic E-state index is 0.456. The van der Waals surface area contributed by atoms with Gasteiger partial charge < -0.3 is 5.73 Å². The number of benzene rings is 1. The minimum absolute atomic E-state index is 0.456. The summed E-state index contributed by atoms with van der Waals surface area (Å²) in [6, 6.07) is 7.58. The Hall–Kier alpha value is -1.91. The van der Waals surface area contributed by atoms with E-state index in [9.17, 15) is 0 Å². The molecule has 0 radical (unpaired) electrons. The Labute approximate surface area is 116 Å². The van der Waals surface area contributed by atoms with E-state index in [-0.39, 0.29) is 0 Å². The molecule has 18 heavy (non-hydrogen) atoms. The number of hydrogen-bond acceptors (Lipinski definition) is 6. The second-order valence-electron chi connectivity index (χ2n) is 3.26. The Balaban J connectivity index is 2.15. The van der Waals surface area contributed by atoms with E-state index in [1.165, 1.54) is 11.3 Å². The number of halogens is 1. The van der Waals surface area contributed by atoms with Crippen molar-refractivity contribution < 1.29 is 0 Å². The van der Waals surface area contributed by atoms with Gasteiger partial charge >= 0.3 is 0 Å². The molecule has 5 nitrogen and oxygen atoms in total. The summed E-state index contributed by atoms with van der Waals surface area (Å²) >= 11 is 4.68. The number of nitrogens with zero attached hydrogens (tertiary/aromatic N) is 3. The molecule has 0 spiro atoms. The molecule has 0 aliphatic rings. The lowest BCUT2D eigenvalue weighted by molar-refractivity contribution is 1.29. The summed E-state index contributed by atoms with van der Waals surface area (Å²) in [5, 5.41) is 15.4. The molecule has 7 heteroatoms. The molecule has 0 saturated heterocycles. The SMILES string of the molecule is N#Cc1c(Br)cccc1C=NNc1nc(N)cs1. The van der Waals surface area contributed by atoms with E-state index in [2.05, 4.69) is 37.5 Å². The van der Waals surface area contributed by atoms with Gasteiger partial charge in [-0.05, 0) is 22.0 Å². The van der Waals surface area contributed by atoms with Crippen LogP contribution >= 0.6 is 27.3 Å². The lowest BCUT2D eigenvalue weighted by atomic mass is 10.1. The molecule has 1 aromatic carbocycles. The van der Waals surface area contributed by atoms with E-state index in [0.717, 1.165) is 10.0 Å². The molecule has 0 atom stereocenters. The number of hydrazone groups is 1. The van der Waals surface area contributed by atoms with Gasteiger partial charge in [-0.2, -0.15) is 10.4 Å². The number of thiazole rings is 1. The number of nitriles is 1. The van der Waals surface area contributed by atoms with Crippen molar-refractivity contribution >= 4 is 44.4 Å². The normalized spacial score (nSPS) is 10.4. The summed E-state index contributed by atoms with van der Waals surface area (Å²) in [6.07, 6.45) is 1.57. The van der Waals surface area contributed by atoms with Gasteiger partial charge in [-0.15, -0.1) is 11.3 Å². The zero-order chi connectivity index (χ0) is 13.0. The number of nitrogens with one attached hydrogen (secondary N) is 1. The summed E-state index contributed by atoms with van der Waals surface area (Å²) < 4.78 is 0.743. The molecular weight excluding hydrogens is 314 g/mol. The average Bonchev–Trinajstić information content (AvgIpc) is 2.75. The van der Waals surface area contributed by atoms with Crippen LogP contribution in [0.5, 0.6) is 0 Å². The fourth-order valence-corrected chi connectivity index (χ4v) is 2.28. The third-order valence-electron chi connectivity index (χ3n) is 2.04. The molecule has 0 saturated carbocycles. The Morgan fingerprint density at radius 1 is 1.56 bits per heavy atom. The van der Waals surface area contributed by atoms with Crippen LogP contribution in [-0.4, -0.2) is 11.2 Å². The number of aromatic nitrogens is 1. The van der Waals surface area contributed by atoms with E-state index < -0.39 is 0 Å². The quantitative estimate of drug-likeness (QED) is 0.672. The summed E-state index contributed by atoms with van der Waals surface area (Å²) in [7, 11) is 0. The first-order valence-electron chi connectivity index (χ1n) is 4.89. The van der Waals surface area contributed by atoms with Crippen LogP contribution in [0.4, 0.5) is 10.9 Å². The summed E-state index contributed by atoms with van der Waals surface area (Å²) in [4.78, 5) is 4.00. The van der Waals surface area contributed by atoms with E-state index >= 15 is 0 Å². The Morgan fingerprint density at radius 3 is 3.06 bits per heavy atom. The molecule has 1 aromatic heterocycles. The Morgan fingerprint density at radius 2 is 2.39 bits per heavy atom. The topological polar surface area (TPSA) is 87.1 Å². The summed E-state index contributed by atoms with van der Waals surface area (Å²) in [6.45, 7) is 0. The van der Waals surface area contributed by atoms with Crippen molar-refractivity contribution in [1.29, 1.82) is 5.26 Å². The Kier molecular flexibility index (Phi) is 3.92. The van der Waals surface area contributed by atoms with Gasteiger partial charge in [0.05, 0.1) is 11.8 Å². The molecule has 0 aliphatic carbocycles. The molecule has 0 bridgehead atoms. The summed E-state index contributed by atoms with van der Waals surface area (Å²) in [5.41, 5.74) is 9.51. The molecule has 0 aliphatic heterocycles. The largest absolute Gasteiger partial charge is 0.383 e. The van der Waals surface area contributed by atoms with Crippen molar-refractivity contribution in [3.8, 4) is 6.07 Å². The van der Waals surface area contributed by atoms with Gasteiger partial charge in [0.1, 0.15) is 11.9 Å². The second kappa shape index (κ2) is 5.62. The highest BCUT2D eigenvalue weighted by molar-refractivity contribution is 9.10. The fraction of sp³-hybridized carbons (Fsp3) is 0. The van der Waals surface area contributed by atoms with Crippen molar-refractivity contribution in [2.24, 2.45) is 5.10 Å². The summed E-state index contributed by atoms with van der Waals surface area (Å²) in [5.74, 6) is 0.456. The van der Waals surface area contributed by atoms with Crippen LogP contribution in [0, 0.1) is 11.3 Å². The van der Waals surface area contributed by atoms with E-state index in [1.54, 1.807) is 11.6 Å². The van der Waals surface area contributed by atoms with Crippen molar-refractivity contribution in [2.75, 3.05) is 11.2 Å². The first-order valence-corrected chi connectivity index (χ1v) is 6.56. The molecule has 2 rings (SSSR count). The van der Waals surface area contributed by atoms with Crippen LogP contribution in [-0.2, 0) is 0 Å². The zero-order valence-electron chi connectivity index (χ0n) is 9.09. The minimum Gasteiger partial charge on any atom is -0.383 e. The van der Waals surface area contributed by atoms with Crippen LogP contribution in [0.2, 0.25) is 0 Å². The van der Waals surface area contributed by atoms with E-state index in [0.29, 0.717) is 16.5 Å². The van der Waals surface area contributed by atoms with Crippen molar-refractivity contribution in [3.05, 3.63) is 39.2 Å². The maximum Gasteiger partial charge on any atom is 0.205 e. The molecule has 2 aromatic rings. The first kappa shape index (κ1) is 12.5. The maximum absolute atomic E-state index is 9.03. The zero-order valence-corrected chi connectivity index (χ0v) is 11.5. The van der Waals surface area contributed by atoms with Crippen LogP contribution in [0.1, 0.15) is 11.1 Å². The smallest absolute Gasteiger partial charge is 0.205 e. The number of anilines is 2. The van der Waals surface area contributed by atoms with Gasteiger partial charge in [0, 0.05) is 15.4 Å². The number of rotatable bonds is 3. The monoisotopic (exact) mass is 321 g/mol. The molecule has 0 fully saturated rings. The Bertz CT molecular complexity index is 629. The molecule has 3 N–H and O–H groups in total. The number of nitrogens with two attached hydrogens (primary N) is 1. The highest BCUT2D eigenvalue weighted by Gasteiger charge is 2.03. The number of nitrogen functional groups attached to an aromatic ring is 1. The van der Waals surface area contributed by atoms with Crippen LogP contribution in [0.25, 0.3) is 0 Å². The van der Waals surface area contributed by atoms with Gasteiger partial charge in [-0.25, -0.2) is 4.98 Å². The first-order chi connectivity index (χ1) is 8.70. The van der Waals surface area contributed by atoms with Crippen LogP contribution in [0.3, 0.4) is 0 Å². The fourth-order valence-electron chi connectivity index (χ4n) is 1.26. The predicted molar refractivity (Wildman–Crippen MR) is 76.6 cm³/mol. The van der Waals surface area contributed by atoms with Crippen LogP contribution < -0.4 is 11.2 Å². The number of hydrogen-bond donors (Lipinski definition) is 2. The van der Waals surface area contributed by atoms with Crippen molar-refractivity contribution in [2.45, 2.75) is 0 Å². The maximum atomic E-state index is 9.03. The van der Waals surface area contributed by atoms with Crippen molar-refractivity contribution in [3.63, 3.8) is 0 Å². The van der Waals surface area contributed by atoms with Crippen molar-refractivity contribution in [1.82, 2.24) is 4.98 Å². The lowest BCUT2D eigenvalue weighted by Crippen LogP contribution is -1.94. The molecule has 0 amide bonds. The molecule has 90 valence electrons. The predicted octanol–water partition coefficient (Wildman–Crippen LogP) is 2.81. The highest BCUT2D eigenvalue weighted by atomic mass is 79.9. The second-order valence-corrected chi connectivity index (χ2v) is 4.98. The van der Waals surface area contributed by atoms with Gasteiger partial charge in [-0.3, -0.25) is 5.43 Å². The van der Waals surface area contributed by atoms with Gasteiger partial charge in [-0.1, -0.05) is 12.1 Å². The lowest BCUT2D eigenvalue weighted by Gasteiger charge is -1.99. The standard InChI is InChI=1S/C11H8BrN5S/c12-9-3-1-2-7(8(9)4-13)5-15-17-11-16-10(14)6-18-11/h1-3,5-6H,14H2,(H,16,17). The van der Waals surface area contributed by atoms with E-state index in [1.807, 2.05) is 18.2 Å². The van der Waals surface area contributed by atoms with Crippen LogP contribution in [0.15, 0.2) is 33.2 Å². The highest BCUT2D eigenvalue weighted by Crippen LogP contribution is 2.19. The van der Waals surface area contributed by atoms with E-state index in [4.69, 9.17) is 11.0 Å². The molecule has 0 unspecified atom stereocenters. The van der Waals surface area contributed by atoms with Gasteiger partial charge in [0.15, 0.2) is 0 Å².